The van der Waals surface area contributed by atoms with Crippen molar-refractivity contribution >= 4 is 16.8 Å². The van der Waals surface area contributed by atoms with Gasteiger partial charge in [0.2, 0.25) is 0 Å². The topological polar surface area (TPSA) is 58.3 Å². The van der Waals surface area contributed by atoms with Crippen molar-refractivity contribution in [1.29, 1.82) is 0 Å². The summed E-state index contributed by atoms with van der Waals surface area (Å²) in [5, 5.41) is 14.3. The van der Waals surface area contributed by atoms with Gasteiger partial charge in [-0.1, -0.05) is 19.8 Å². The van der Waals surface area contributed by atoms with E-state index in [2.05, 4.69) is 17.2 Å². The van der Waals surface area contributed by atoms with Crippen LogP contribution >= 0.6 is 0 Å². The van der Waals surface area contributed by atoms with E-state index in [4.69, 9.17) is 4.42 Å². The minimum atomic E-state index is -0.240. The van der Waals surface area contributed by atoms with E-state index >= 15 is 0 Å². The molecule has 4 heteroatoms. The van der Waals surface area contributed by atoms with Gasteiger partial charge in [0, 0.05) is 6.20 Å². The summed E-state index contributed by atoms with van der Waals surface area (Å²) in [6, 6.07) is 3.78. The van der Waals surface area contributed by atoms with Crippen LogP contribution in [0, 0.1) is 5.92 Å². The number of hydrogen-bond acceptors (Lipinski definition) is 4. The lowest BCUT2D eigenvalue weighted by atomic mass is 9.77. The highest BCUT2D eigenvalue weighted by atomic mass is 16.3. The number of anilines is 1. The van der Waals surface area contributed by atoms with Crippen LogP contribution in [-0.2, 0) is 0 Å². The summed E-state index contributed by atoms with van der Waals surface area (Å²) >= 11 is 0. The molecule has 2 heterocycles. The summed E-state index contributed by atoms with van der Waals surface area (Å²) in [4.78, 5) is 4.41. The predicted molar refractivity (Wildman–Crippen MR) is 75.1 cm³/mol. The molecular weight excluding hydrogens is 240 g/mol. The minimum absolute atomic E-state index is 0.146. The van der Waals surface area contributed by atoms with Crippen LogP contribution in [0.3, 0.4) is 0 Å². The third-order valence-electron chi connectivity index (χ3n) is 4.16. The first-order chi connectivity index (χ1) is 9.22. The molecule has 0 aliphatic heterocycles. The van der Waals surface area contributed by atoms with Crippen LogP contribution in [0.5, 0.6) is 0 Å². The second-order valence-electron chi connectivity index (χ2n) is 5.76. The van der Waals surface area contributed by atoms with Crippen molar-refractivity contribution in [2.45, 2.75) is 38.1 Å². The van der Waals surface area contributed by atoms with Gasteiger partial charge in [-0.25, -0.2) is 4.98 Å². The third-order valence-corrected chi connectivity index (χ3v) is 4.16. The fourth-order valence-electron chi connectivity index (χ4n) is 3.20. The zero-order valence-corrected chi connectivity index (χ0v) is 11.2. The van der Waals surface area contributed by atoms with Gasteiger partial charge in [0.1, 0.15) is 11.4 Å². The van der Waals surface area contributed by atoms with E-state index in [0.29, 0.717) is 5.92 Å². The molecule has 2 aromatic rings. The van der Waals surface area contributed by atoms with Crippen LogP contribution in [0.25, 0.3) is 11.0 Å². The second kappa shape index (κ2) is 4.85. The molecule has 1 fully saturated rings. The molecule has 4 nitrogen and oxygen atoms in total. The average Bonchev–Trinajstić information content (AvgIpc) is 2.88. The maximum atomic E-state index is 9.83. The lowest BCUT2D eigenvalue weighted by Crippen LogP contribution is -2.46. The van der Waals surface area contributed by atoms with Crippen LogP contribution in [0.1, 0.15) is 32.6 Å². The zero-order chi connectivity index (χ0) is 13.3. The van der Waals surface area contributed by atoms with E-state index in [-0.39, 0.29) is 12.1 Å². The molecule has 2 unspecified atom stereocenters. The van der Waals surface area contributed by atoms with E-state index < -0.39 is 0 Å². The average molecular weight is 260 g/mol. The highest BCUT2D eigenvalue weighted by Gasteiger charge is 2.35. The Morgan fingerprint density at radius 3 is 3.21 bits per heavy atom. The number of pyridine rings is 1. The fraction of sp³-hybridized carbons (Fsp3) is 0.533. The standard InChI is InChI=1S/C15H20N2O2/c1-11-3-2-6-15(9-11,10-18)17-14-12-5-8-19-13(12)4-7-16-14/h4-5,7-8,11,18H,2-3,6,9-10H2,1H3,(H,16,17). The number of aromatic nitrogens is 1. The lowest BCUT2D eigenvalue weighted by Gasteiger charge is -2.39. The van der Waals surface area contributed by atoms with Crippen molar-refractivity contribution in [2.24, 2.45) is 5.92 Å². The first-order valence-corrected chi connectivity index (χ1v) is 6.94. The van der Waals surface area contributed by atoms with Crippen molar-refractivity contribution in [3.8, 4) is 0 Å². The summed E-state index contributed by atoms with van der Waals surface area (Å²) in [5.74, 6) is 1.45. The largest absolute Gasteiger partial charge is 0.464 e. The minimum Gasteiger partial charge on any atom is -0.464 e. The van der Waals surface area contributed by atoms with Crippen LogP contribution in [-0.4, -0.2) is 22.2 Å². The number of rotatable bonds is 3. The summed E-state index contributed by atoms with van der Waals surface area (Å²) in [5.41, 5.74) is 0.588. The zero-order valence-electron chi connectivity index (χ0n) is 11.2. The molecule has 0 amide bonds. The van der Waals surface area contributed by atoms with Gasteiger partial charge in [-0.3, -0.25) is 0 Å². The number of hydrogen-bond donors (Lipinski definition) is 2. The molecule has 19 heavy (non-hydrogen) atoms. The van der Waals surface area contributed by atoms with Crippen molar-refractivity contribution < 1.29 is 9.52 Å². The molecule has 2 aromatic heterocycles. The van der Waals surface area contributed by atoms with Crippen LogP contribution in [0.4, 0.5) is 5.82 Å². The number of aliphatic hydroxyl groups excluding tert-OH is 1. The molecule has 0 radical (unpaired) electrons. The normalized spacial score (nSPS) is 27.6. The van der Waals surface area contributed by atoms with E-state index in [1.54, 1.807) is 12.5 Å². The van der Waals surface area contributed by atoms with Gasteiger partial charge in [-0.15, -0.1) is 0 Å². The smallest absolute Gasteiger partial charge is 0.139 e. The van der Waals surface area contributed by atoms with Gasteiger partial charge in [0.05, 0.1) is 23.8 Å². The van der Waals surface area contributed by atoms with Crippen molar-refractivity contribution in [1.82, 2.24) is 4.98 Å². The van der Waals surface area contributed by atoms with E-state index in [1.807, 2.05) is 12.1 Å². The Balaban J connectivity index is 1.92. The molecule has 0 aromatic carbocycles. The maximum Gasteiger partial charge on any atom is 0.139 e. The Hall–Kier alpha value is -1.55. The Labute approximate surface area is 112 Å². The first kappa shape index (κ1) is 12.5. The molecule has 0 bridgehead atoms. The van der Waals surface area contributed by atoms with Crippen molar-refractivity contribution in [3.63, 3.8) is 0 Å². The molecule has 1 saturated carbocycles. The summed E-state index contributed by atoms with van der Waals surface area (Å²) in [6.45, 7) is 2.39. The summed E-state index contributed by atoms with van der Waals surface area (Å²) in [7, 11) is 0. The first-order valence-electron chi connectivity index (χ1n) is 6.94. The Morgan fingerprint density at radius 2 is 2.42 bits per heavy atom. The molecule has 3 rings (SSSR count). The van der Waals surface area contributed by atoms with E-state index in [9.17, 15) is 5.11 Å². The van der Waals surface area contributed by atoms with Gasteiger partial charge < -0.3 is 14.8 Å². The Kier molecular flexibility index (Phi) is 3.19. The van der Waals surface area contributed by atoms with Crippen LogP contribution < -0.4 is 5.32 Å². The van der Waals surface area contributed by atoms with Crippen molar-refractivity contribution in [2.75, 3.05) is 11.9 Å². The van der Waals surface area contributed by atoms with Gasteiger partial charge in [-0.05, 0) is 30.9 Å². The quantitative estimate of drug-likeness (QED) is 0.890. The monoisotopic (exact) mass is 260 g/mol. The summed E-state index contributed by atoms with van der Waals surface area (Å²) in [6.07, 6.45) is 7.78. The summed E-state index contributed by atoms with van der Waals surface area (Å²) < 4.78 is 5.39. The molecule has 0 spiro atoms. The highest BCUT2D eigenvalue weighted by molar-refractivity contribution is 5.88. The van der Waals surface area contributed by atoms with Gasteiger partial charge in [0.25, 0.3) is 0 Å². The van der Waals surface area contributed by atoms with Gasteiger partial charge in [-0.2, -0.15) is 0 Å². The number of fused-ring (bicyclic) bond motifs is 1. The highest BCUT2D eigenvalue weighted by Crippen LogP contribution is 2.35. The van der Waals surface area contributed by atoms with E-state index in [0.717, 1.165) is 36.0 Å². The SMILES string of the molecule is CC1CCCC(CO)(Nc2nccc3occc23)C1. The molecule has 1 aliphatic rings. The molecule has 2 atom stereocenters. The Bertz CT molecular complexity index is 566. The molecule has 2 N–H and O–H groups in total. The molecule has 1 aliphatic carbocycles. The van der Waals surface area contributed by atoms with Gasteiger partial charge >= 0.3 is 0 Å². The lowest BCUT2D eigenvalue weighted by molar-refractivity contribution is 0.149. The Morgan fingerprint density at radius 1 is 1.53 bits per heavy atom. The molecule has 102 valence electrons. The van der Waals surface area contributed by atoms with Crippen LogP contribution in [0.15, 0.2) is 29.0 Å². The van der Waals surface area contributed by atoms with E-state index in [1.165, 1.54) is 6.42 Å². The van der Waals surface area contributed by atoms with Crippen molar-refractivity contribution in [3.05, 3.63) is 24.6 Å². The molecule has 0 saturated heterocycles. The fourth-order valence-corrected chi connectivity index (χ4v) is 3.20. The van der Waals surface area contributed by atoms with Gasteiger partial charge in [0.15, 0.2) is 0 Å². The predicted octanol–water partition coefficient (Wildman–Crippen LogP) is 3.18. The number of nitrogens with zero attached hydrogens (tertiary/aromatic N) is 1. The number of furan rings is 1. The third kappa shape index (κ3) is 2.32. The number of aliphatic hydroxyl groups is 1. The van der Waals surface area contributed by atoms with Crippen LogP contribution in [0.2, 0.25) is 0 Å². The number of nitrogens with one attached hydrogen (secondary N) is 1. The maximum absolute atomic E-state index is 9.83. The second-order valence-corrected chi connectivity index (χ2v) is 5.76. The molecular formula is C15H20N2O2.